The summed E-state index contributed by atoms with van der Waals surface area (Å²) in [6.07, 6.45) is 6.00. The van der Waals surface area contributed by atoms with Crippen LogP contribution in [0.25, 0.3) is 44.5 Å². The van der Waals surface area contributed by atoms with E-state index in [1.165, 1.54) is 6.07 Å². The van der Waals surface area contributed by atoms with Gasteiger partial charge in [0.05, 0.1) is 35.6 Å². The lowest BCUT2D eigenvalue weighted by Crippen LogP contribution is -2.33. The van der Waals surface area contributed by atoms with Crippen molar-refractivity contribution in [1.29, 1.82) is 0 Å². The summed E-state index contributed by atoms with van der Waals surface area (Å²) in [5.41, 5.74) is 16.0. The predicted molar refractivity (Wildman–Crippen MR) is 260 cm³/mol. The van der Waals surface area contributed by atoms with Gasteiger partial charge >= 0.3 is 6.09 Å². The Bertz CT molecular complexity index is 3080. The van der Waals surface area contributed by atoms with E-state index in [-0.39, 0.29) is 49.1 Å². The van der Waals surface area contributed by atoms with Gasteiger partial charge in [-0.2, -0.15) is 10.2 Å². The van der Waals surface area contributed by atoms with Crippen molar-refractivity contribution in [2.45, 2.75) is 93.1 Å². The largest absolute Gasteiger partial charge is 0.491 e. The van der Waals surface area contributed by atoms with E-state index in [1.54, 1.807) is 74.5 Å². The minimum absolute atomic E-state index is 0.133. The molecule has 69 heavy (non-hydrogen) atoms. The maximum absolute atomic E-state index is 13.9. The number of alkyl carbamates (subject to hydrolysis) is 1. The Balaban J connectivity index is 1.30. The number of nitrogens with two attached hydrogens (primary N) is 2. The molecule has 0 fully saturated rings. The van der Waals surface area contributed by atoms with Gasteiger partial charge in [-0.05, 0) is 91.3 Å². The third-order valence-electron chi connectivity index (χ3n) is 10.9. The molecule has 6 N–H and O–H groups in total. The summed E-state index contributed by atoms with van der Waals surface area (Å²) >= 11 is 0. The Hall–Kier alpha value is -7.81. The van der Waals surface area contributed by atoms with Gasteiger partial charge in [-0.1, -0.05) is 12.2 Å². The fourth-order valence-electron chi connectivity index (χ4n) is 7.88. The molecule has 0 bridgehead atoms. The molecule has 7 aromatic rings. The van der Waals surface area contributed by atoms with Gasteiger partial charge in [0, 0.05) is 81.0 Å². The van der Waals surface area contributed by atoms with Crippen LogP contribution in [0.1, 0.15) is 90.1 Å². The second-order valence-corrected chi connectivity index (χ2v) is 17.3. The van der Waals surface area contributed by atoms with Gasteiger partial charge < -0.3 is 44.9 Å². The molecule has 0 aliphatic rings. The van der Waals surface area contributed by atoms with E-state index in [0.29, 0.717) is 95.1 Å². The molecule has 4 amide bonds. The summed E-state index contributed by atoms with van der Waals surface area (Å²) in [7, 11) is 1.62. The molecule has 5 aromatic heterocycles. The molecule has 0 spiro atoms. The van der Waals surface area contributed by atoms with Crippen LogP contribution in [-0.4, -0.2) is 107 Å². The number of nitrogens with zero attached hydrogens (tertiary/aromatic N) is 9. The topological polar surface area (TPSA) is 265 Å². The number of benzene rings is 2. The van der Waals surface area contributed by atoms with Gasteiger partial charge in [0.1, 0.15) is 39.7 Å². The van der Waals surface area contributed by atoms with Crippen LogP contribution in [0.4, 0.5) is 10.7 Å². The maximum Gasteiger partial charge on any atom is 0.407 e. The quantitative estimate of drug-likeness (QED) is 0.0472. The smallest absolute Gasteiger partial charge is 0.407 e. The maximum atomic E-state index is 13.9. The number of anilines is 1. The summed E-state index contributed by atoms with van der Waals surface area (Å²) in [6.45, 7) is 15.6. The molecule has 5 heterocycles. The minimum Gasteiger partial charge on any atom is -0.491 e. The number of aromatic nitrogens is 9. The number of fused-ring (bicyclic) bond motifs is 4. The summed E-state index contributed by atoms with van der Waals surface area (Å²) < 4.78 is 30.5. The number of rotatable bonds is 21. The number of allylic oxidation sites excluding steroid dienone is 2. The number of nitrogens with one attached hydrogen (secondary N) is 2. The van der Waals surface area contributed by atoms with Gasteiger partial charge in [0.2, 0.25) is 17.8 Å². The van der Waals surface area contributed by atoms with E-state index in [4.69, 9.17) is 45.4 Å². The van der Waals surface area contributed by atoms with Gasteiger partial charge in [0.25, 0.3) is 5.91 Å². The van der Waals surface area contributed by atoms with E-state index in [9.17, 15) is 19.2 Å². The fraction of sp³-hybridized carbons (Fsp3) is 0.396. The van der Waals surface area contributed by atoms with Crippen molar-refractivity contribution in [2.24, 2.45) is 11.5 Å². The highest BCUT2D eigenvalue weighted by molar-refractivity contribution is 6.12. The average molecular weight is 946 g/mol. The molecule has 0 saturated carbocycles. The summed E-state index contributed by atoms with van der Waals surface area (Å²) in [5.74, 6) is -0.423. The van der Waals surface area contributed by atoms with Crippen molar-refractivity contribution in [3.63, 3.8) is 0 Å². The van der Waals surface area contributed by atoms with Crippen molar-refractivity contribution < 1.29 is 38.1 Å². The SMILES string of the molecule is CCn1nc(C)cc1C(=O)Nc1nc2cc(C(N)=O)cc(OCCCNC(=O)OC(C)(C)C)c2n1C/C=C/Cn1c2nc(-c3cc(C)nn3CC)ncc2c2cc(C(N)=O)cc(OCCCOC)c21. The normalized spacial score (nSPS) is 11.8. The van der Waals surface area contributed by atoms with Crippen LogP contribution >= 0.6 is 0 Å². The molecule has 2 aromatic carbocycles. The monoisotopic (exact) mass is 945 g/mol. The summed E-state index contributed by atoms with van der Waals surface area (Å²) in [4.78, 5) is 66.2. The molecule has 21 nitrogen and oxygen atoms in total. The first-order valence-electron chi connectivity index (χ1n) is 22.7. The Morgan fingerprint density at radius 1 is 0.754 bits per heavy atom. The number of imidazole rings is 1. The highest BCUT2D eigenvalue weighted by atomic mass is 16.6. The number of amides is 4. The number of primary amides is 2. The highest BCUT2D eigenvalue weighted by Gasteiger charge is 2.24. The number of ether oxygens (including phenoxy) is 4. The van der Waals surface area contributed by atoms with Crippen LogP contribution in [0.3, 0.4) is 0 Å². The fourth-order valence-corrected chi connectivity index (χ4v) is 7.88. The standard InChI is InChI=1S/C48H59N13O8/c1-9-60-35(21-28(3)56-60)43-52-27-33-32-23-30(41(49)62)25-37(68-20-14-18-66-8)39(32)58(44(33)54-43)16-11-12-17-59-40-34(53-46(59)55-45(64)36-22-29(4)57-61(36)10-2)24-31(42(50)63)26-38(40)67-19-13-15-51-47(65)69-48(5,6)7/h11-12,21-27H,9-10,13-20H2,1-8H3,(H2,49,62)(H2,50,63)(H,51,65)(H,53,55,64)/b12-11+. The second-order valence-electron chi connectivity index (χ2n) is 17.3. The lowest BCUT2D eigenvalue weighted by molar-refractivity contribution is 0.0525. The molecule has 364 valence electrons. The van der Waals surface area contributed by atoms with Crippen molar-refractivity contribution in [1.82, 2.24) is 49.0 Å². The zero-order valence-electron chi connectivity index (χ0n) is 40.2. The van der Waals surface area contributed by atoms with E-state index in [2.05, 4.69) is 20.8 Å². The molecule has 7 rings (SSSR count). The van der Waals surface area contributed by atoms with Crippen LogP contribution in [0, 0.1) is 13.8 Å². The average Bonchev–Trinajstić information content (AvgIpc) is 4.06. The number of hydrogen-bond donors (Lipinski definition) is 4. The van der Waals surface area contributed by atoms with Crippen LogP contribution < -0.4 is 31.6 Å². The van der Waals surface area contributed by atoms with E-state index >= 15 is 0 Å². The zero-order chi connectivity index (χ0) is 49.6. The first kappa shape index (κ1) is 49.1. The molecule has 0 unspecified atom stereocenters. The molecule has 0 atom stereocenters. The van der Waals surface area contributed by atoms with Gasteiger partial charge in [-0.3, -0.25) is 29.1 Å². The molecule has 0 radical (unpaired) electrons. The molecular weight excluding hydrogens is 887 g/mol. The number of aryl methyl sites for hydroxylation is 4. The number of methoxy groups -OCH3 is 1. The Labute approximate surface area is 398 Å². The van der Waals surface area contributed by atoms with Gasteiger partial charge in [0.15, 0.2) is 5.82 Å². The first-order chi connectivity index (χ1) is 33.0. The van der Waals surface area contributed by atoms with Crippen LogP contribution in [0.2, 0.25) is 0 Å². The first-order valence-corrected chi connectivity index (χ1v) is 22.7. The van der Waals surface area contributed by atoms with Crippen molar-refractivity contribution in [2.75, 3.05) is 38.8 Å². The third-order valence-corrected chi connectivity index (χ3v) is 10.9. The summed E-state index contributed by atoms with van der Waals surface area (Å²) in [5, 5.41) is 16.1. The summed E-state index contributed by atoms with van der Waals surface area (Å²) in [6, 6.07) is 10.1. The van der Waals surface area contributed by atoms with Crippen molar-refractivity contribution in [3.8, 4) is 23.0 Å². The Kier molecular flexibility index (Phi) is 15.0. The van der Waals surface area contributed by atoms with E-state index in [1.807, 2.05) is 48.2 Å². The molecule has 0 aliphatic carbocycles. The van der Waals surface area contributed by atoms with E-state index in [0.717, 1.165) is 11.4 Å². The molecule has 0 aliphatic heterocycles. The number of hydrogen-bond acceptors (Lipinski definition) is 13. The highest BCUT2D eigenvalue weighted by Crippen LogP contribution is 2.37. The third kappa shape index (κ3) is 11.2. The Morgan fingerprint density at radius 2 is 1.39 bits per heavy atom. The van der Waals surface area contributed by atoms with Crippen LogP contribution in [-0.2, 0) is 35.7 Å². The van der Waals surface area contributed by atoms with E-state index < -0.39 is 29.4 Å². The second kappa shape index (κ2) is 21.0. The van der Waals surface area contributed by atoms with Crippen LogP contribution in [0.15, 0.2) is 54.7 Å². The van der Waals surface area contributed by atoms with Crippen LogP contribution in [0.5, 0.6) is 11.5 Å². The zero-order valence-corrected chi connectivity index (χ0v) is 40.2. The Morgan fingerprint density at radius 3 is 2.06 bits per heavy atom. The predicted octanol–water partition coefficient (Wildman–Crippen LogP) is 6.07. The minimum atomic E-state index is -0.701. The number of carbonyl (C=O) groups excluding carboxylic acids is 4. The van der Waals surface area contributed by atoms with Crippen molar-refractivity contribution >= 4 is 62.7 Å². The molecule has 0 saturated heterocycles. The van der Waals surface area contributed by atoms with Gasteiger partial charge in [-0.25, -0.2) is 19.7 Å². The lowest BCUT2D eigenvalue weighted by atomic mass is 10.1. The van der Waals surface area contributed by atoms with Gasteiger partial charge in [-0.15, -0.1) is 0 Å². The molecular formula is C48H59N13O8. The number of carbonyl (C=O) groups is 4. The lowest BCUT2D eigenvalue weighted by Gasteiger charge is -2.19. The van der Waals surface area contributed by atoms with Crippen molar-refractivity contribution in [3.05, 3.63) is 83.0 Å². The molecule has 21 heteroatoms.